The second-order valence-electron chi connectivity index (χ2n) is 1.85. The lowest BCUT2D eigenvalue weighted by Gasteiger charge is -2.16. The van der Waals surface area contributed by atoms with E-state index in [2.05, 4.69) is 63.7 Å². The Balaban J connectivity index is 4.00. The Morgan fingerprint density at radius 2 is 1.82 bits per heavy atom. The standard InChI is InChI=1S/C5H6Br4O2/c6-1-2(7)3(8)4(9)5(10)11/h2-4H,1H2,(H,10,11)/t2-,3+,4+/m0/s1. The van der Waals surface area contributed by atoms with Crippen molar-refractivity contribution in [3.05, 3.63) is 0 Å². The molecule has 0 fully saturated rings. The van der Waals surface area contributed by atoms with Crippen molar-refractivity contribution in [3.63, 3.8) is 0 Å². The van der Waals surface area contributed by atoms with Gasteiger partial charge >= 0.3 is 5.97 Å². The normalized spacial score (nSPS) is 18.9. The van der Waals surface area contributed by atoms with Crippen LogP contribution in [-0.2, 0) is 4.79 Å². The average Bonchev–Trinajstić information content (AvgIpc) is 2.00. The fourth-order valence-electron chi connectivity index (χ4n) is 0.405. The summed E-state index contributed by atoms with van der Waals surface area (Å²) in [5.41, 5.74) is 0. The van der Waals surface area contributed by atoms with Crippen molar-refractivity contribution < 1.29 is 9.90 Å². The molecule has 0 heterocycles. The molecular formula is C5H6Br4O2. The number of hydrogen-bond donors (Lipinski definition) is 1. The smallest absolute Gasteiger partial charge is 0.318 e. The number of alkyl halides is 4. The van der Waals surface area contributed by atoms with Crippen LogP contribution < -0.4 is 0 Å². The number of carboxylic acids is 1. The van der Waals surface area contributed by atoms with Crippen molar-refractivity contribution in [2.75, 3.05) is 5.33 Å². The van der Waals surface area contributed by atoms with Crippen molar-refractivity contribution >= 4 is 69.7 Å². The second kappa shape index (κ2) is 5.94. The van der Waals surface area contributed by atoms with Crippen LogP contribution in [0, 0.1) is 0 Å². The first kappa shape index (κ1) is 12.4. The summed E-state index contributed by atoms with van der Waals surface area (Å²) in [5, 5.41) is 9.29. The molecule has 0 saturated heterocycles. The van der Waals surface area contributed by atoms with E-state index in [1.165, 1.54) is 0 Å². The molecule has 0 aromatic rings. The summed E-state index contributed by atoms with van der Waals surface area (Å²) in [5.74, 6) is -0.864. The minimum atomic E-state index is -0.864. The van der Waals surface area contributed by atoms with Gasteiger partial charge in [0.05, 0.1) is 4.83 Å². The third kappa shape index (κ3) is 4.24. The van der Waals surface area contributed by atoms with Crippen LogP contribution >= 0.6 is 63.7 Å². The van der Waals surface area contributed by atoms with E-state index < -0.39 is 10.8 Å². The van der Waals surface area contributed by atoms with Crippen LogP contribution in [0.5, 0.6) is 0 Å². The van der Waals surface area contributed by atoms with E-state index in [-0.39, 0.29) is 9.65 Å². The molecule has 66 valence electrons. The Bertz CT molecular complexity index is 140. The molecule has 0 spiro atoms. The van der Waals surface area contributed by atoms with Crippen molar-refractivity contribution in [3.8, 4) is 0 Å². The minimum Gasteiger partial charge on any atom is -0.480 e. The maximum atomic E-state index is 10.4. The zero-order valence-electron chi connectivity index (χ0n) is 5.31. The summed E-state index contributed by atoms with van der Waals surface area (Å²) in [7, 11) is 0. The Hall–Kier alpha value is 1.39. The zero-order chi connectivity index (χ0) is 9.02. The van der Waals surface area contributed by atoms with E-state index in [0.717, 1.165) is 0 Å². The minimum absolute atomic E-state index is 0.1000. The highest BCUT2D eigenvalue weighted by atomic mass is 79.9. The first-order valence-electron chi connectivity index (χ1n) is 2.71. The van der Waals surface area contributed by atoms with Gasteiger partial charge in [-0.15, -0.1) is 0 Å². The quantitative estimate of drug-likeness (QED) is 0.714. The summed E-state index contributed by atoms with van der Waals surface area (Å²) >= 11 is 12.9. The van der Waals surface area contributed by atoms with Gasteiger partial charge in [-0.3, -0.25) is 4.79 Å². The molecule has 3 atom stereocenters. The van der Waals surface area contributed by atoms with Gasteiger partial charge in [0.2, 0.25) is 0 Å². The molecule has 0 aliphatic carbocycles. The van der Waals surface area contributed by atoms with E-state index in [0.29, 0.717) is 5.33 Å². The summed E-state index contributed by atoms with van der Waals surface area (Å²) in [6.07, 6.45) is 0. The third-order valence-corrected chi connectivity index (χ3v) is 7.02. The zero-order valence-corrected chi connectivity index (χ0v) is 11.7. The Kier molecular flexibility index (Phi) is 6.69. The van der Waals surface area contributed by atoms with E-state index >= 15 is 0 Å². The second-order valence-corrected chi connectivity index (χ2v) is 5.72. The molecule has 0 rings (SSSR count). The number of rotatable bonds is 4. The average molecular weight is 418 g/mol. The van der Waals surface area contributed by atoms with Gasteiger partial charge in [-0.05, 0) is 0 Å². The van der Waals surface area contributed by atoms with Crippen molar-refractivity contribution in [2.45, 2.75) is 14.5 Å². The summed E-state index contributed by atoms with van der Waals surface area (Å²) in [4.78, 5) is 9.86. The largest absolute Gasteiger partial charge is 0.480 e. The maximum absolute atomic E-state index is 10.4. The molecule has 11 heavy (non-hydrogen) atoms. The van der Waals surface area contributed by atoms with Crippen molar-refractivity contribution in [1.82, 2.24) is 0 Å². The molecule has 6 heteroatoms. The molecule has 0 unspecified atom stereocenters. The van der Waals surface area contributed by atoms with Gasteiger partial charge in [0.15, 0.2) is 0 Å². The molecule has 0 aromatic carbocycles. The Morgan fingerprint density at radius 3 is 2.09 bits per heavy atom. The lowest BCUT2D eigenvalue weighted by molar-refractivity contribution is -0.136. The monoisotopic (exact) mass is 414 g/mol. The molecule has 1 N–H and O–H groups in total. The maximum Gasteiger partial charge on any atom is 0.318 e. The number of aliphatic carboxylic acids is 1. The van der Waals surface area contributed by atoms with Crippen molar-refractivity contribution in [2.24, 2.45) is 0 Å². The van der Waals surface area contributed by atoms with Gasteiger partial charge in [-0.25, -0.2) is 0 Å². The summed E-state index contributed by atoms with van der Waals surface area (Å²) in [6.45, 7) is 0. The van der Waals surface area contributed by atoms with Gasteiger partial charge in [0.1, 0.15) is 4.83 Å². The lowest BCUT2D eigenvalue weighted by atomic mass is 10.2. The number of carbonyl (C=O) groups is 1. The Morgan fingerprint density at radius 1 is 1.36 bits per heavy atom. The van der Waals surface area contributed by atoms with Crippen LogP contribution in [0.15, 0.2) is 0 Å². The summed E-state index contributed by atoms with van der Waals surface area (Å²) in [6, 6.07) is 0. The van der Waals surface area contributed by atoms with Crippen LogP contribution in [-0.4, -0.2) is 30.9 Å². The molecule has 0 aliphatic rings. The molecule has 0 bridgehead atoms. The van der Waals surface area contributed by atoms with Gasteiger partial charge < -0.3 is 5.11 Å². The molecule has 0 amide bonds. The van der Waals surface area contributed by atoms with E-state index in [4.69, 9.17) is 5.11 Å². The van der Waals surface area contributed by atoms with Crippen molar-refractivity contribution in [1.29, 1.82) is 0 Å². The van der Waals surface area contributed by atoms with Crippen LogP contribution in [0.4, 0.5) is 0 Å². The van der Waals surface area contributed by atoms with E-state index in [1.807, 2.05) is 0 Å². The molecule has 0 radical (unpaired) electrons. The molecule has 0 saturated carbocycles. The topological polar surface area (TPSA) is 37.3 Å². The van der Waals surface area contributed by atoms with Crippen LogP contribution in [0.25, 0.3) is 0 Å². The molecule has 2 nitrogen and oxygen atoms in total. The van der Waals surface area contributed by atoms with Crippen LogP contribution in [0.1, 0.15) is 0 Å². The van der Waals surface area contributed by atoms with Gasteiger partial charge in [0, 0.05) is 10.2 Å². The SMILES string of the molecule is O=C(O)[C@H](Br)[C@H](Br)[C@@H](Br)CBr. The fourth-order valence-corrected chi connectivity index (χ4v) is 2.81. The van der Waals surface area contributed by atoms with E-state index in [9.17, 15) is 4.79 Å². The lowest BCUT2D eigenvalue weighted by Crippen LogP contribution is -2.31. The highest BCUT2D eigenvalue weighted by Gasteiger charge is 2.28. The van der Waals surface area contributed by atoms with Gasteiger partial charge in [-0.2, -0.15) is 0 Å². The van der Waals surface area contributed by atoms with Crippen LogP contribution in [0.2, 0.25) is 0 Å². The number of halogens is 4. The van der Waals surface area contributed by atoms with Gasteiger partial charge in [0.25, 0.3) is 0 Å². The number of hydrogen-bond acceptors (Lipinski definition) is 1. The first-order chi connectivity index (χ1) is 5.00. The fraction of sp³-hybridized carbons (Fsp3) is 0.800. The first-order valence-corrected chi connectivity index (χ1v) is 6.58. The third-order valence-electron chi connectivity index (χ3n) is 1.01. The van der Waals surface area contributed by atoms with Crippen LogP contribution in [0.3, 0.4) is 0 Å². The van der Waals surface area contributed by atoms with Gasteiger partial charge in [-0.1, -0.05) is 63.7 Å². The predicted octanol–water partition coefficient (Wildman–Crippen LogP) is 2.76. The number of carboxylic acid groups (broad SMARTS) is 1. The predicted molar refractivity (Wildman–Crippen MR) is 59.6 cm³/mol. The molecular weight excluding hydrogens is 412 g/mol. The highest BCUT2D eigenvalue weighted by Crippen LogP contribution is 2.24. The highest BCUT2D eigenvalue weighted by molar-refractivity contribution is 9.14. The molecule has 0 aromatic heterocycles. The van der Waals surface area contributed by atoms with E-state index in [1.54, 1.807) is 0 Å². The summed E-state index contributed by atoms with van der Waals surface area (Å²) < 4.78 is 0. The molecule has 0 aliphatic heterocycles. The Labute approximate surface area is 98.6 Å².